The minimum absolute atomic E-state index is 0.277. The largest absolute Gasteiger partial charge is 0.425 e. The Morgan fingerprint density at radius 2 is 2.00 bits per heavy atom. The Hall–Kier alpha value is -0.520. The van der Waals surface area contributed by atoms with Crippen molar-refractivity contribution in [1.82, 2.24) is 4.73 Å². The predicted octanol–water partition coefficient (Wildman–Crippen LogP) is 3.05. The highest BCUT2D eigenvalue weighted by Gasteiger charge is 2.21. The van der Waals surface area contributed by atoms with Gasteiger partial charge in [-0.1, -0.05) is 19.3 Å². The Balaban J connectivity index is 2.44. The summed E-state index contributed by atoms with van der Waals surface area (Å²) in [4.78, 5) is 11.8. The van der Waals surface area contributed by atoms with E-state index in [0.29, 0.717) is 9.49 Å². The number of nitrogens with zero attached hydrogens (tertiary/aromatic N) is 1. The first-order chi connectivity index (χ1) is 7.61. The summed E-state index contributed by atoms with van der Waals surface area (Å²) in [6.07, 6.45) is 5.84. The van der Waals surface area contributed by atoms with Crippen molar-refractivity contribution < 1.29 is 5.21 Å². The Bertz CT molecular complexity index is 447. The molecule has 0 bridgehead atoms. The van der Waals surface area contributed by atoms with E-state index in [0.717, 1.165) is 28.8 Å². The highest BCUT2D eigenvalue weighted by atomic mass is 127. The molecule has 1 aromatic rings. The van der Waals surface area contributed by atoms with Crippen LogP contribution < -0.4 is 5.56 Å². The van der Waals surface area contributed by atoms with Crippen LogP contribution in [0.2, 0.25) is 0 Å². The van der Waals surface area contributed by atoms with Crippen LogP contribution >= 0.6 is 22.6 Å². The van der Waals surface area contributed by atoms with Crippen LogP contribution in [0, 0.1) is 10.5 Å². The topological polar surface area (TPSA) is 42.2 Å². The van der Waals surface area contributed by atoms with Gasteiger partial charge in [0, 0.05) is 5.92 Å². The van der Waals surface area contributed by atoms with Gasteiger partial charge in [-0.25, -0.2) is 0 Å². The molecule has 0 radical (unpaired) electrons. The normalized spacial score (nSPS) is 17.6. The second-order valence-electron chi connectivity index (χ2n) is 4.52. The van der Waals surface area contributed by atoms with Crippen molar-refractivity contribution in [1.29, 1.82) is 0 Å². The smallest absolute Gasteiger partial charge is 0.296 e. The number of hydrogen-bond acceptors (Lipinski definition) is 2. The lowest BCUT2D eigenvalue weighted by Crippen LogP contribution is -2.26. The fourth-order valence-electron chi connectivity index (χ4n) is 2.41. The zero-order valence-corrected chi connectivity index (χ0v) is 11.5. The SMILES string of the molecule is Cc1cc(C2CCCCC2)n(O)c(=O)c1I. The summed E-state index contributed by atoms with van der Waals surface area (Å²) >= 11 is 1.99. The van der Waals surface area contributed by atoms with Crippen LogP contribution in [0.1, 0.15) is 49.3 Å². The lowest BCUT2D eigenvalue weighted by atomic mass is 9.86. The van der Waals surface area contributed by atoms with E-state index < -0.39 is 0 Å². The van der Waals surface area contributed by atoms with Crippen molar-refractivity contribution in [3.63, 3.8) is 0 Å². The number of aromatic nitrogens is 1. The average molecular weight is 333 g/mol. The monoisotopic (exact) mass is 333 g/mol. The van der Waals surface area contributed by atoms with E-state index in [4.69, 9.17) is 0 Å². The molecule has 0 aromatic carbocycles. The van der Waals surface area contributed by atoms with Crippen molar-refractivity contribution in [2.75, 3.05) is 0 Å². The molecule has 1 aliphatic carbocycles. The van der Waals surface area contributed by atoms with Crippen LogP contribution in [0.4, 0.5) is 0 Å². The van der Waals surface area contributed by atoms with Crippen molar-refractivity contribution >= 4 is 22.6 Å². The molecule has 1 saturated carbocycles. The van der Waals surface area contributed by atoms with Gasteiger partial charge in [0.2, 0.25) is 0 Å². The maximum Gasteiger partial charge on any atom is 0.296 e. The maximum atomic E-state index is 11.8. The Morgan fingerprint density at radius 3 is 2.62 bits per heavy atom. The van der Waals surface area contributed by atoms with E-state index in [9.17, 15) is 10.0 Å². The van der Waals surface area contributed by atoms with E-state index in [1.807, 2.05) is 35.6 Å². The number of pyridine rings is 1. The van der Waals surface area contributed by atoms with Gasteiger partial charge >= 0.3 is 0 Å². The van der Waals surface area contributed by atoms with Gasteiger partial charge in [-0.15, -0.1) is 0 Å². The molecule has 0 saturated heterocycles. The summed E-state index contributed by atoms with van der Waals surface area (Å²) in [6.45, 7) is 1.93. The van der Waals surface area contributed by atoms with E-state index in [2.05, 4.69) is 0 Å². The van der Waals surface area contributed by atoms with Gasteiger partial charge in [-0.2, -0.15) is 4.73 Å². The molecule has 0 spiro atoms. The fourth-order valence-corrected chi connectivity index (χ4v) is 2.80. The molecule has 3 nitrogen and oxygen atoms in total. The molecule has 0 atom stereocenters. The molecule has 88 valence electrons. The Kier molecular flexibility index (Phi) is 3.56. The van der Waals surface area contributed by atoms with Crippen LogP contribution in [-0.4, -0.2) is 9.94 Å². The number of hydrogen-bond donors (Lipinski definition) is 1. The first kappa shape index (κ1) is 12.0. The van der Waals surface area contributed by atoms with Gasteiger partial charge in [0.1, 0.15) is 0 Å². The van der Waals surface area contributed by atoms with E-state index in [-0.39, 0.29) is 5.56 Å². The van der Waals surface area contributed by atoms with Crippen LogP contribution in [0.3, 0.4) is 0 Å². The van der Waals surface area contributed by atoms with Crippen molar-refractivity contribution in [2.45, 2.75) is 44.9 Å². The average Bonchev–Trinajstić information content (AvgIpc) is 2.32. The number of halogens is 1. The third kappa shape index (κ3) is 2.12. The summed E-state index contributed by atoms with van der Waals surface area (Å²) in [5.74, 6) is 0.349. The number of rotatable bonds is 1. The molecule has 0 unspecified atom stereocenters. The van der Waals surface area contributed by atoms with Crippen LogP contribution in [0.15, 0.2) is 10.9 Å². The molecule has 4 heteroatoms. The van der Waals surface area contributed by atoms with E-state index in [1.54, 1.807) is 0 Å². The number of aryl methyl sites for hydroxylation is 1. The summed E-state index contributed by atoms with van der Waals surface area (Å²) in [6, 6.07) is 1.96. The molecule has 1 aromatic heterocycles. The molecular formula is C12H16INO2. The minimum atomic E-state index is -0.277. The van der Waals surface area contributed by atoms with Crippen molar-refractivity contribution in [3.05, 3.63) is 31.2 Å². The molecule has 1 heterocycles. The summed E-state index contributed by atoms with van der Waals surface area (Å²) in [7, 11) is 0. The van der Waals surface area contributed by atoms with Gasteiger partial charge in [0.05, 0.1) is 9.26 Å². The molecule has 1 fully saturated rings. The van der Waals surface area contributed by atoms with Crippen LogP contribution in [0.25, 0.3) is 0 Å². The van der Waals surface area contributed by atoms with Gasteiger partial charge in [-0.05, 0) is 54.0 Å². The molecule has 1 N–H and O–H groups in total. The highest BCUT2D eigenvalue weighted by Crippen LogP contribution is 2.32. The lowest BCUT2D eigenvalue weighted by molar-refractivity contribution is 0.155. The second kappa shape index (κ2) is 4.77. The Morgan fingerprint density at radius 1 is 1.38 bits per heavy atom. The first-order valence-corrected chi connectivity index (χ1v) is 6.80. The van der Waals surface area contributed by atoms with E-state index >= 15 is 0 Å². The predicted molar refractivity (Wildman–Crippen MR) is 71.2 cm³/mol. The summed E-state index contributed by atoms with van der Waals surface area (Å²) < 4.78 is 1.46. The van der Waals surface area contributed by atoms with Crippen LogP contribution in [0.5, 0.6) is 0 Å². The summed E-state index contributed by atoms with van der Waals surface area (Å²) in [5, 5.41) is 9.85. The fraction of sp³-hybridized carbons (Fsp3) is 0.583. The van der Waals surface area contributed by atoms with Gasteiger partial charge in [-0.3, -0.25) is 4.79 Å². The van der Waals surface area contributed by atoms with Crippen LogP contribution in [-0.2, 0) is 0 Å². The summed E-state index contributed by atoms with van der Waals surface area (Å²) in [5.41, 5.74) is 1.49. The Labute approximate surface area is 109 Å². The molecule has 16 heavy (non-hydrogen) atoms. The maximum absolute atomic E-state index is 11.8. The van der Waals surface area contributed by atoms with Crippen molar-refractivity contribution in [3.8, 4) is 0 Å². The van der Waals surface area contributed by atoms with Gasteiger partial charge in [0.25, 0.3) is 5.56 Å². The third-order valence-corrected chi connectivity index (χ3v) is 4.67. The van der Waals surface area contributed by atoms with Crippen molar-refractivity contribution in [2.24, 2.45) is 0 Å². The third-order valence-electron chi connectivity index (χ3n) is 3.36. The highest BCUT2D eigenvalue weighted by molar-refractivity contribution is 14.1. The molecule has 1 aliphatic rings. The second-order valence-corrected chi connectivity index (χ2v) is 5.60. The lowest BCUT2D eigenvalue weighted by Gasteiger charge is -2.23. The molecular weight excluding hydrogens is 317 g/mol. The first-order valence-electron chi connectivity index (χ1n) is 5.72. The molecule has 0 aliphatic heterocycles. The van der Waals surface area contributed by atoms with Gasteiger partial charge in [0.15, 0.2) is 0 Å². The molecule has 2 rings (SSSR count). The molecule has 0 amide bonds. The zero-order valence-electron chi connectivity index (χ0n) is 9.37. The standard InChI is InChI=1S/C12H16INO2/c1-8-7-10(9-5-3-2-4-6-9)14(16)12(15)11(8)13/h7,9,16H,2-6H2,1H3. The zero-order chi connectivity index (χ0) is 11.7. The van der Waals surface area contributed by atoms with E-state index in [1.165, 1.54) is 19.3 Å². The quantitative estimate of drug-likeness (QED) is 0.634. The minimum Gasteiger partial charge on any atom is -0.425 e. The van der Waals surface area contributed by atoms with Gasteiger partial charge < -0.3 is 5.21 Å².